The molecular formula is C14H26N2O2. The number of aliphatic hydroxyl groups excluding tert-OH is 1. The van der Waals surface area contributed by atoms with Crippen molar-refractivity contribution in [1.82, 2.24) is 10.2 Å². The van der Waals surface area contributed by atoms with Crippen LogP contribution in [0.15, 0.2) is 0 Å². The second kappa shape index (κ2) is 6.53. The van der Waals surface area contributed by atoms with Gasteiger partial charge in [0.05, 0.1) is 12.1 Å². The largest absolute Gasteiger partial charge is 0.393 e. The molecule has 1 heterocycles. The SMILES string of the molecule is CCCNC1CCCN(C2CCC(O)CC2)C1=O. The molecule has 4 nitrogen and oxygen atoms in total. The van der Waals surface area contributed by atoms with Crippen LogP contribution < -0.4 is 5.32 Å². The molecule has 1 aliphatic heterocycles. The topological polar surface area (TPSA) is 52.6 Å². The van der Waals surface area contributed by atoms with Gasteiger partial charge in [-0.15, -0.1) is 0 Å². The van der Waals surface area contributed by atoms with Crippen LogP contribution in [-0.2, 0) is 4.79 Å². The highest BCUT2D eigenvalue weighted by Gasteiger charge is 2.34. The molecule has 4 heteroatoms. The summed E-state index contributed by atoms with van der Waals surface area (Å²) in [6.07, 6.45) is 6.63. The van der Waals surface area contributed by atoms with E-state index < -0.39 is 0 Å². The Hall–Kier alpha value is -0.610. The summed E-state index contributed by atoms with van der Waals surface area (Å²) in [5.74, 6) is 0.288. The van der Waals surface area contributed by atoms with Crippen LogP contribution in [0, 0.1) is 0 Å². The maximum Gasteiger partial charge on any atom is 0.239 e. The van der Waals surface area contributed by atoms with Crippen LogP contribution in [0.1, 0.15) is 51.9 Å². The molecule has 1 saturated carbocycles. The van der Waals surface area contributed by atoms with Gasteiger partial charge in [0.1, 0.15) is 0 Å². The third kappa shape index (κ3) is 3.23. The number of carbonyl (C=O) groups is 1. The van der Waals surface area contributed by atoms with Crippen LogP contribution in [0.2, 0.25) is 0 Å². The van der Waals surface area contributed by atoms with Gasteiger partial charge in [-0.25, -0.2) is 0 Å². The number of amides is 1. The van der Waals surface area contributed by atoms with Crippen LogP contribution in [0.4, 0.5) is 0 Å². The monoisotopic (exact) mass is 254 g/mol. The van der Waals surface area contributed by atoms with E-state index in [-0.39, 0.29) is 18.1 Å². The first kappa shape index (κ1) is 13.8. The molecule has 1 unspecified atom stereocenters. The lowest BCUT2D eigenvalue weighted by atomic mass is 9.90. The number of carbonyl (C=O) groups excluding carboxylic acids is 1. The van der Waals surface area contributed by atoms with Crippen molar-refractivity contribution in [2.45, 2.75) is 70.1 Å². The van der Waals surface area contributed by atoms with Crippen molar-refractivity contribution in [3.63, 3.8) is 0 Å². The van der Waals surface area contributed by atoms with Gasteiger partial charge in [-0.2, -0.15) is 0 Å². The first-order chi connectivity index (χ1) is 8.72. The van der Waals surface area contributed by atoms with Crippen molar-refractivity contribution in [3.8, 4) is 0 Å². The van der Waals surface area contributed by atoms with Gasteiger partial charge in [-0.05, 0) is 51.5 Å². The molecule has 1 aliphatic carbocycles. The van der Waals surface area contributed by atoms with Gasteiger partial charge in [0, 0.05) is 12.6 Å². The molecule has 1 saturated heterocycles. The Morgan fingerprint density at radius 3 is 2.67 bits per heavy atom. The van der Waals surface area contributed by atoms with Gasteiger partial charge in [0.2, 0.25) is 5.91 Å². The average Bonchev–Trinajstić information content (AvgIpc) is 2.39. The van der Waals surface area contributed by atoms with Gasteiger partial charge in [-0.1, -0.05) is 6.92 Å². The number of hydrogen-bond donors (Lipinski definition) is 2. The predicted octanol–water partition coefficient (Wildman–Crippen LogP) is 1.28. The van der Waals surface area contributed by atoms with E-state index >= 15 is 0 Å². The standard InChI is InChI=1S/C14H26N2O2/c1-2-9-15-13-4-3-10-16(14(13)18)11-5-7-12(17)8-6-11/h11-13,15,17H,2-10H2,1H3. The summed E-state index contributed by atoms with van der Waals surface area (Å²) in [7, 11) is 0. The zero-order valence-electron chi connectivity index (χ0n) is 11.4. The zero-order valence-corrected chi connectivity index (χ0v) is 11.4. The molecule has 1 amide bonds. The second-order valence-corrected chi connectivity index (χ2v) is 5.64. The summed E-state index contributed by atoms with van der Waals surface area (Å²) in [5, 5.41) is 12.9. The molecule has 0 aromatic carbocycles. The van der Waals surface area contributed by atoms with Crippen molar-refractivity contribution < 1.29 is 9.90 Å². The number of likely N-dealkylation sites (tertiary alicyclic amines) is 1. The average molecular weight is 254 g/mol. The van der Waals surface area contributed by atoms with E-state index in [9.17, 15) is 9.90 Å². The fourth-order valence-electron chi connectivity index (χ4n) is 3.14. The number of piperidine rings is 1. The summed E-state index contributed by atoms with van der Waals surface area (Å²) in [6.45, 7) is 3.96. The minimum absolute atomic E-state index is 0.0329. The molecule has 0 bridgehead atoms. The Bertz CT molecular complexity index is 275. The lowest BCUT2D eigenvalue weighted by Gasteiger charge is -2.40. The van der Waals surface area contributed by atoms with E-state index in [4.69, 9.17) is 0 Å². The Balaban J connectivity index is 1.89. The molecule has 0 aromatic rings. The molecule has 104 valence electrons. The molecule has 2 N–H and O–H groups in total. The fraction of sp³-hybridized carbons (Fsp3) is 0.929. The van der Waals surface area contributed by atoms with Crippen molar-refractivity contribution in [1.29, 1.82) is 0 Å². The summed E-state index contributed by atoms with van der Waals surface area (Å²) < 4.78 is 0. The molecule has 2 aliphatic rings. The van der Waals surface area contributed by atoms with E-state index in [1.54, 1.807) is 0 Å². The summed E-state index contributed by atoms with van der Waals surface area (Å²) in [5.41, 5.74) is 0. The zero-order chi connectivity index (χ0) is 13.0. The molecule has 18 heavy (non-hydrogen) atoms. The van der Waals surface area contributed by atoms with Crippen LogP contribution in [0.5, 0.6) is 0 Å². The molecule has 0 spiro atoms. The summed E-state index contributed by atoms with van der Waals surface area (Å²) in [4.78, 5) is 14.5. The minimum atomic E-state index is -0.143. The van der Waals surface area contributed by atoms with Gasteiger partial charge in [0.15, 0.2) is 0 Å². The fourth-order valence-corrected chi connectivity index (χ4v) is 3.14. The van der Waals surface area contributed by atoms with Crippen molar-refractivity contribution >= 4 is 5.91 Å². The van der Waals surface area contributed by atoms with Crippen LogP contribution in [-0.4, -0.2) is 47.2 Å². The highest BCUT2D eigenvalue weighted by atomic mass is 16.3. The lowest BCUT2D eigenvalue weighted by molar-refractivity contribution is -0.139. The van der Waals surface area contributed by atoms with Crippen molar-refractivity contribution in [3.05, 3.63) is 0 Å². The van der Waals surface area contributed by atoms with Gasteiger partial charge in [-0.3, -0.25) is 4.79 Å². The Kier molecular flexibility index (Phi) is 5.01. The number of nitrogens with zero attached hydrogens (tertiary/aromatic N) is 1. The molecule has 0 radical (unpaired) electrons. The number of aliphatic hydroxyl groups is 1. The van der Waals surface area contributed by atoms with Crippen LogP contribution in [0.3, 0.4) is 0 Å². The van der Waals surface area contributed by atoms with Gasteiger partial charge >= 0.3 is 0 Å². The van der Waals surface area contributed by atoms with E-state index in [2.05, 4.69) is 17.1 Å². The van der Waals surface area contributed by atoms with Gasteiger partial charge in [0.25, 0.3) is 0 Å². The number of rotatable bonds is 4. The molecule has 2 fully saturated rings. The summed E-state index contributed by atoms with van der Waals surface area (Å²) >= 11 is 0. The Labute approximate surface area is 110 Å². The second-order valence-electron chi connectivity index (χ2n) is 5.64. The van der Waals surface area contributed by atoms with E-state index in [0.29, 0.717) is 6.04 Å². The smallest absolute Gasteiger partial charge is 0.239 e. The maximum atomic E-state index is 12.4. The van der Waals surface area contributed by atoms with E-state index in [1.807, 2.05) is 0 Å². The van der Waals surface area contributed by atoms with Gasteiger partial charge < -0.3 is 15.3 Å². The van der Waals surface area contributed by atoms with E-state index in [0.717, 1.165) is 58.0 Å². The maximum absolute atomic E-state index is 12.4. The highest BCUT2D eigenvalue weighted by molar-refractivity contribution is 5.82. The van der Waals surface area contributed by atoms with Crippen molar-refractivity contribution in [2.24, 2.45) is 0 Å². The third-order valence-electron chi connectivity index (χ3n) is 4.22. The minimum Gasteiger partial charge on any atom is -0.393 e. The molecular weight excluding hydrogens is 228 g/mol. The molecule has 0 aromatic heterocycles. The third-order valence-corrected chi connectivity index (χ3v) is 4.22. The number of nitrogens with one attached hydrogen (secondary N) is 1. The van der Waals surface area contributed by atoms with E-state index in [1.165, 1.54) is 0 Å². The lowest BCUT2D eigenvalue weighted by Crippen LogP contribution is -2.55. The summed E-state index contributed by atoms with van der Waals surface area (Å²) in [6, 6.07) is 0.401. The normalized spacial score (nSPS) is 33.8. The first-order valence-corrected chi connectivity index (χ1v) is 7.44. The van der Waals surface area contributed by atoms with Crippen molar-refractivity contribution in [2.75, 3.05) is 13.1 Å². The quantitative estimate of drug-likeness (QED) is 0.794. The van der Waals surface area contributed by atoms with Crippen LogP contribution in [0.25, 0.3) is 0 Å². The molecule has 1 atom stereocenters. The highest BCUT2D eigenvalue weighted by Crippen LogP contribution is 2.26. The number of hydrogen-bond acceptors (Lipinski definition) is 3. The molecule has 2 rings (SSSR count). The Morgan fingerprint density at radius 1 is 1.28 bits per heavy atom. The first-order valence-electron chi connectivity index (χ1n) is 7.44. The Morgan fingerprint density at radius 2 is 2.00 bits per heavy atom. The predicted molar refractivity (Wildman–Crippen MR) is 71.3 cm³/mol. The van der Waals surface area contributed by atoms with Crippen LogP contribution >= 0.6 is 0 Å².